The summed E-state index contributed by atoms with van der Waals surface area (Å²) in [7, 11) is 1.95. The molecule has 0 aliphatic carbocycles. The van der Waals surface area contributed by atoms with Gasteiger partial charge in [-0.1, -0.05) is 17.8 Å². The molecule has 0 saturated carbocycles. The minimum atomic E-state index is 0.141. The van der Waals surface area contributed by atoms with Crippen LogP contribution in [0, 0.1) is 6.92 Å². The van der Waals surface area contributed by atoms with Crippen LogP contribution in [0.25, 0.3) is 0 Å². The van der Waals surface area contributed by atoms with Gasteiger partial charge < -0.3 is 5.73 Å². The molecule has 0 spiro atoms. The average Bonchev–Trinajstić information content (AvgIpc) is 2.59. The van der Waals surface area contributed by atoms with E-state index in [0.717, 1.165) is 22.2 Å². The van der Waals surface area contributed by atoms with Gasteiger partial charge in [-0.25, -0.2) is 4.98 Å². The molecule has 2 N–H and O–H groups in total. The molecule has 0 amide bonds. The highest BCUT2D eigenvalue weighted by molar-refractivity contribution is 7.99. The number of aromatic nitrogens is 3. The lowest BCUT2D eigenvalue weighted by Crippen LogP contribution is -2.18. The van der Waals surface area contributed by atoms with Gasteiger partial charge in [0.15, 0.2) is 0 Å². The lowest BCUT2D eigenvalue weighted by atomic mass is 10.1. The maximum absolute atomic E-state index is 5.87. The Labute approximate surface area is 112 Å². The van der Waals surface area contributed by atoms with Crippen LogP contribution < -0.4 is 5.73 Å². The van der Waals surface area contributed by atoms with Gasteiger partial charge >= 0.3 is 0 Å². The van der Waals surface area contributed by atoms with Crippen LogP contribution >= 0.6 is 11.8 Å². The van der Waals surface area contributed by atoms with Gasteiger partial charge in [0.25, 0.3) is 0 Å². The van der Waals surface area contributed by atoms with Crippen LogP contribution in [0.2, 0.25) is 0 Å². The number of pyridine rings is 1. The SMILES string of the molecule is Cc1cc(Sc2ncccc2CC(C)N)n(C)n1. The first-order valence-electron chi connectivity index (χ1n) is 5.94. The molecule has 0 aliphatic rings. The standard InChI is InChI=1S/C13H18N4S/c1-9(14)7-11-5-4-6-15-13(11)18-12-8-10(2)16-17(12)3/h4-6,8-9H,7,14H2,1-3H3. The van der Waals surface area contributed by atoms with Crippen LogP contribution in [0.4, 0.5) is 0 Å². The number of hydrogen-bond acceptors (Lipinski definition) is 4. The minimum absolute atomic E-state index is 0.141. The van der Waals surface area contributed by atoms with Crippen molar-refractivity contribution in [1.29, 1.82) is 0 Å². The molecule has 2 rings (SSSR count). The van der Waals surface area contributed by atoms with Crippen LogP contribution in [0.1, 0.15) is 18.2 Å². The Kier molecular flexibility index (Phi) is 4.04. The molecule has 1 atom stereocenters. The molecule has 0 aliphatic heterocycles. The predicted octanol–water partition coefficient (Wildman–Crippen LogP) is 2.16. The van der Waals surface area contributed by atoms with Gasteiger partial charge in [0, 0.05) is 19.3 Å². The van der Waals surface area contributed by atoms with E-state index in [2.05, 4.69) is 22.2 Å². The molecule has 5 heteroatoms. The Hall–Kier alpha value is -1.33. The quantitative estimate of drug-likeness (QED) is 0.917. The summed E-state index contributed by atoms with van der Waals surface area (Å²) >= 11 is 1.64. The monoisotopic (exact) mass is 262 g/mol. The van der Waals surface area contributed by atoms with Crippen molar-refractivity contribution in [1.82, 2.24) is 14.8 Å². The second kappa shape index (κ2) is 5.54. The molecule has 0 aromatic carbocycles. The molecule has 0 bridgehead atoms. The molecule has 1 unspecified atom stereocenters. The van der Waals surface area contributed by atoms with Crippen LogP contribution in [-0.4, -0.2) is 20.8 Å². The first-order valence-corrected chi connectivity index (χ1v) is 6.76. The summed E-state index contributed by atoms with van der Waals surface area (Å²) in [6.07, 6.45) is 2.66. The smallest absolute Gasteiger partial charge is 0.105 e. The minimum Gasteiger partial charge on any atom is -0.328 e. The van der Waals surface area contributed by atoms with E-state index in [1.807, 2.05) is 37.8 Å². The van der Waals surface area contributed by atoms with E-state index in [9.17, 15) is 0 Å². The number of rotatable bonds is 4. The van der Waals surface area contributed by atoms with Crippen molar-refractivity contribution in [2.75, 3.05) is 0 Å². The summed E-state index contributed by atoms with van der Waals surface area (Å²) < 4.78 is 1.88. The third-order valence-electron chi connectivity index (χ3n) is 2.55. The number of nitrogens with zero attached hydrogens (tertiary/aromatic N) is 3. The van der Waals surface area contributed by atoms with E-state index in [4.69, 9.17) is 5.73 Å². The number of aryl methyl sites for hydroxylation is 2. The van der Waals surface area contributed by atoms with Crippen LogP contribution in [0.5, 0.6) is 0 Å². The van der Waals surface area contributed by atoms with Gasteiger partial charge in [0.2, 0.25) is 0 Å². The zero-order valence-electron chi connectivity index (χ0n) is 10.9. The zero-order chi connectivity index (χ0) is 13.1. The Balaban J connectivity index is 2.26. The fourth-order valence-electron chi connectivity index (χ4n) is 1.80. The van der Waals surface area contributed by atoms with E-state index < -0.39 is 0 Å². The molecule has 0 radical (unpaired) electrons. The highest BCUT2D eigenvalue weighted by Crippen LogP contribution is 2.29. The highest BCUT2D eigenvalue weighted by Gasteiger charge is 2.10. The summed E-state index contributed by atoms with van der Waals surface area (Å²) in [4.78, 5) is 4.44. The molecule has 18 heavy (non-hydrogen) atoms. The van der Waals surface area contributed by atoms with E-state index in [1.165, 1.54) is 5.56 Å². The molecule has 96 valence electrons. The predicted molar refractivity (Wildman–Crippen MR) is 73.7 cm³/mol. The molecule has 2 aromatic rings. The first-order chi connectivity index (χ1) is 8.56. The largest absolute Gasteiger partial charge is 0.328 e. The maximum Gasteiger partial charge on any atom is 0.105 e. The normalized spacial score (nSPS) is 12.7. The van der Waals surface area contributed by atoms with E-state index in [1.54, 1.807) is 11.8 Å². The van der Waals surface area contributed by atoms with Crippen molar-refractivity contribution >= 4 is 11.8 Å². The van der Waals surface area contributed by atoms with Crippen molar-refractivity contribution < 1.29 is 0 Å². The Bertz CT molecular complexity index is 534. The average molecular weight is 262 g/mol. The van der Waals surface area contributed by atoms with Gasteiger partial charge in [-0.3, -0.25) is 4.68 Å². The number of nitrogens with two attached hydrogens (primary N) is 1. The fraction of sp³-hybridized carbons (Fsp3) is 0.385. The summed E-state index contributed by atoms with van der Waals surface area (Å²) in [6.45, 7) is 4.00. The maximum atomic E-state index is 5.87. The lowest BCUT2D eigenvalue weighted by molar-refractivity contribution is 0.690. The lowest BCUT2D eigenvalue weighted by Gasteiger charge is -2.09. The molecule has 2 aromatic heterocycles. The molecule has 4 nitrogen and oxygen atoms in total. The van der Waals surface area contributed by atoms with Crippen molar-refractivity contribution in [3.8, 4) is 0 Å². The van der Waals surface area contributed by atoms with Crippen LogP contribution in [0.3, 0.4) is 0 Å². The van der Waals surface area contributed by atoms with Crippen molar-refractivity contribution in [3.05, 3.63) is 35.7 Å². The van der Waals surface area contributed by atoms with E-state index in [-0.39, 0.29) is 6.04 Å². The summed E-state index contributed by atoms with van der Waals surface area (Å²) in [6, 6.07) is 6.24. The van der Waals surface area contributed by atoms with Gasteiger partial charge in [-0.15, -0.1) is 0 Å². The highest BCUT2D eigenvalue weighted by atomic mass is 32.2. The van der Waals surface area contributed by atoms with Crippen LogP contribution in [0.15, 0.2) is 34.4 Å². The van der Waals surface area contributed by atoms with E-state index in [0.29, 0.717) is 0 Å². The fourth-order valence-corrected chi connectivity index (χ4v) is 2.80. The molecular weight excluding hydrogens is 244 g/mol. The van der Waals surface area contributed by atoms with E-state index >= 15 is 0 Å². The topological polar surface area (TPSA) is 56.7 Å². The third kappa shape index (κ3) is 3.11. The summed E-state index contributed by atoms with van der Waals surface area (Å²) in [5, 5.41) is 6.45. The van der Waals surface area contributed by atoms with Crippen LogP contribution in [-0.2, 0) is 13.5 Å². The Morgan fingerprint density at radius 1 is 1.50 bits per heavy atom. The number of hydrogen-bond donors (Lipinski definition) is 1. The second-order valence-electron chi connectivity index (χ2n) is 4.50. The first kappa shape index (κ1) is 13.1. The van der Waals surface area contributed by atoms with Gasteiger partial charge in [-0.05, 0) is 38.0 Å². The van der Waals surface area contributed by atoms with Gasteiger partial charge in [-0.2, -0.15) is 5.10 Å². The van der Waals surface area contributed by atoms with Gasteiger partial charge in [0.1, 0.15) is 10.1 Å². The molecule has 2 heterocycles. The molecule has 0 fully saturated rings. The van der Waals surface area contributed by atoms with Crippen molar-refractivity contribution in [2.24, 2.45) is 12.8 Å². The Morgan fingerprint density at radius 3 is 2.89 bits per heavy atom. The summed E-state index contributed by atoms with van der Waals surface area (Å²) in [5.74, 6) is 0. The van der Waals surface area contributed by atoms with Gasteiger partial charge in [0.05, 0.1) is 5.69 Å². The molecular formula is C13H18N4S. The third-order valence-corrected chi connectivity index (χ3v) is 3.70. The summed E-state index contributed by atoms with van der Waals surface area (Å²) in [5.41, 5.74) is 8.08. The van der Waals surface area contributed by atoms with Crippen molar-refractivity contribution in [2.45, 2.75) is 36.4 Å². The zero-order valence-corrected chi connectivity index (χ0v) is 11.7. The van der Waals surface area contributed by atoms with Crippen molar-refractivity contribution in [3.63, 3.8) is 0 Å². The molecule has 0 saturated heterocycles. The second-order valence-corrected chi connectivity index (χ2v) is 5.51. The Morgan fingerprint density at radius 2 is 2.28 bits per heavy atom.